The zero-order valence-corrected chi connectivity index (χ0v) is 12.8. The molecule has 3 aromatic rings. The van der Waals surface area contributed by atoms with Crippen molar-refractivity contribution in [3.05, 3.63) is 30.9 Å². The maximum atomic E-state index is 4.49. The Kier molecular flexibility index (Phi) is 3.33. The fourth-order valence-electron chi connectivity index (χ4n) is 3.55. The molecule has 114 valence electrons. The summed E-state index contributed by atoms with van der Waals surface area (Å²) in [4.78, 5) is 10.3. The van der Waals surface area contributed by atoms with E-state index >= 15 is 0 Å². The Labute approximate surface area is 129 Å². The van der Waals surface area contributed by atoms with Crippen molar-refractivity contribution in [3.8, 4) is 11.1 Å². The van der Waals surface area contributed by atoms with Gasteiger partial charge in [-0.05, 0) is 24.8 Å². The zero-order chi connectivity index (χ0) is 14.9. The second-order valence-electron chi connectivity index (χ2n) is 6.11. The summed E-state index contributed by atoms with van der Waals surface area (Å²) in [5.74, 6) is 0.799. The van der Waals surface area contributed by atoms with Gasteiger partial charge in [0.1, 0.15) is 5.65 Å². The van der Waals surface area contributed by atoms with Crippen LogP contribution in [0.1, 0.15) is 26.2 Å². The molecular formula is C17H21N5. The summed E-state index contributed by atoms with van der Waals surface area (Å²) in [6.45, 7) is 4.57. The van der Waals surface area contributed by atoms with E-state index in [-0.39, 0.29) is 0 Å². The van der Waals surface area contributed by atoms with Gasteiger partial charge in [0, 0.05) is 48.5 Å². The first-order valence-electron chi connectivity index (χ1n) is 8.07. The summed E-state index contributed by atoms with van der Waals surface area (Å²) < 4.78 is 0. The van der Waals surface area contributed by atoms with Gasteiger partial charge in [-0.15, -0.1) is 0 Å². The molecule has 0 aromatic carbocycles. The summed E-state index contributed by atoms with van der Waals surface area (Å²) in [6.07, 6.45) is 11.6. The van der Waals surface area contributed by atoms with E-state index in [0.29, 0.717) is 0 Å². The van der Waals surface area contributed by atoms with Crippen LogP contribution in [0.3, 0.4) is 0 Å². The number of pyridine rings is 1. The molecule has 1 saturated heterocycles. The maximum Gasteiger partial charge on any atom is 0.139 e. The van der Waals surface area contributed by atoms with Gasteiger partial charge in [-0.2, -0.15) is 5.10 Å². The highest BCUT2D eigenvalue weighted by Crippen LogP contribution is 2.36. The standard InChI is InChI=1S/C17H21N5/c1-2-12-4-3-7-22(11-12)15-5-6-18-17-16(15)14(10-19-17)13-8-20-21-9-13/h5-6,8-10,12H,2-4,7,11H2,1H3,(H,18,19)(H,20,21)/t12-/m0/s1. The minimum Gasteiger partial charge on any atom is -0.371 e. The molecular weight excluding hydrogens is 274 g/mol. The van der Waals surface area contributed by atoms with E-state index in [1.807, 2.05) is 24.8 Å². The van der Waals surface area contributed by atoms with Crippen LogP contribution in [0.5, 0.6) is 0 Å². The molecule has 4 heterocycles. The summed E-state index contributed by atoms with van der Waals surface area (Å²) in [7, 11) is 0. The molecule has 5 heteroatoms. The zero-order valence-electron chi connectivity index (χ0n) is 12.8. The molecule has 0 radical (unpaired) electrons. The fraction of sp³-hybridized carbons (Fsp3) is 0.412. The van der Waals surface area contributed by atoms with E-state index in [9.17, 15) is 0 Å². The first-order valence-corrected chi connectivity index (χ1v) is 8.07. The van der Waals surface area contributed by atoms with Gasteiger partial charge < -0.3 is 9.88 Å². The lowest BCUT2D eigenvalue weighted by Gasteiger charge is -2.34. The molecule has 0 aliphatic carbocycles. The van der Waals surface area contributed by atoms with Crippen molar-refractivity contribution < 1.29 is 0 Å². The Bertz CT molecular complexity index is 759. The van der Waals surface area contributed by atoms with E-state index in [1.165, 1.54) is 35.9 Å². The Morgan fingerprint density at radius 3 is 3.14 bits per heavy atom. The number of hydrogen-bond acceptors (Lipinski definition) is 3. The predicted molar refractivity (Wildman–Crippen MR) is 88.9 cm³/mol. The molecule has 3 aromatic heterocycles. The highest BCUT2D eigenvalue weighted by Gasteiger charge is 2.22. The summed E-state index contributed by atoms with van der Waals surface area (Å²) in [5, 5.41) is 8.19. The minimum atomic E-state index is 0.799. The Hall–Kier alpha value is -2.30. The molecule has 1 aliphatic rings. The molecule has 0 unspecified atom stereocenters. The highest BCUT2D eigenvalue weighted by molar-refractivity contribution is 6.02. The molecule has 5 nitrogen and oxygen atoms in total. The van der Waals surface area contributed by atoms with Crippen LogP contribution in [0.2, 0.25) is 0 Å². The quantitative estimate of drug-likeness (QED) is 0.776. The third-order valence-corrected chi connectivity index (χ3v) is 4.80. The van der Waals surface area contributed by atoms with Gasteiger partial charge >= 0.3 is 0 Å². The van der Waals surface area contributed by atoms with Gasteiger partial charge in [0.25, 0.3) is 0 Å². The van der Waals surface area contributed by atoms with Crippen LogP contribution in [-0.2, 0) is 0 Å². The van der Waals surface area contributed by atoms with Crippen molar-refractivity contribution in [2.45, 2.75) is 26.2 Å². The van der Waals surface area contributed by atoms with Gasteiger partial charge in [0.15, 0.2) is 0 Å². The average molecular weight is 295 g/mol. The average Bonchev–Trinajstić information content (AvgIpc) is 3.23. The number of piperidine rings is 1. The summed E-state index contributed by atoms with van der Waals surface area (Å²) in [6, 6.07) is 2.15. The van der Waals surface area contributed by atoms with E-state index in [0.717, 1.165) is 30.2 Å². The number of rotatable bonds is 3. The predicted octanol–water partition coefficient (Wildman–Crippen LogP) is 3.58. The number of aromatic nitrogens is 4. The van der Waals surface area contributed by atoms with E-state index < -0.39 is 0 Å². The minimum absolute atomic E-state index is 0.799. The number of nitrogens with zero attached hydrogens (tertiary/aromatic N) is 3. The number of aromatic amines is 2. The van der Waals surface area contributed by atoms with Crippen LogP contribution in [0.25, 0.3) is 22.2 Å². The molecule has 0 spiro atoms. The molecule has 4 rings (SSSR count). The molecule has 0 saturated carbocycles. The number of fused-ring (bicyclic) bond motifs is 1. The first-order chi connectivity index (χ1) is 10.9. The summed E-state index contributed by atoms with van der Waals surface area (Å²) >= 11 is 0. The lowest BCUT2D eigenvalue weighted by molar-refractivity contribution is 0.405. The summed E-state index contributed by atoms with van der Waals surface area (Å²) in [5.41, 5.74) is 4.52. The lowest BCUT2D eigenvalue weighted by Crippen LogP contribution is -2.35. The molecule has 2 N–H and O–H groups in total. The number of H-pyrrole nitrogens is 2. The van der Waals surface area contributed by atoms with Crippen molar-refractivity contribution in [1.82, 2.24) is 20.2 Å². The third-order valence-electron chi connectivity index (χ3n) is 4.80. The second-order valence-corrected chi connectivity index (χ2v) is 6.11. The van der Waals surface area contributed by atoms with Crippen molar-refractivity contribution in [2.75, 3.05) is 18.0 Å². The first kappa shape index (κ1) is 13.4. The SMILES string of the molecule is CC[C@H]1CCCN(c2ccnc3[nH]cc(-c4cn[nH]c4)c23)C1. The molecule has 1 fully saturated rings. The van der Waals surface area contributed by atoms with Crippen molar-refractivity contribution in [2.24, 2.45) is 5.92 Å². The molecule has 1 atom stereocenters. The number of anilines is 1. The Morgan fingerprint density at radius 2 is 2.32 bits per heavy atom. The largest absolute Gasteiger partial charge is 0.371 e. The normalized spacial score (nSPS) is 19.0. The fourth-order valence-corrected chi connectivity index (χ4v) is 3.55. The topological polar surface area (TPSA) is 60.6 Å². The van der Waals surface area contributed by atoms with Crippen molar-refractivity contribution >= 4 is 16.7 Å². The Balaban J connectivity index is 1.82. The van der Waals surface area contributed by atoms with Gasteiger partial charge in [-0.3, -0.25) is 5.10 Å². The van der Waals surface area contributed by atoms with Crippen LogP contribution < -0.4 is 4.90 Å². The number of hydrogen-bond donors (Lipinski definition) is 2. The van der Waals surface area contributed by atoms with Crippen LogP contribution in [0, 0.1) is 5.92 Å². The van der Waals surface area contributed by atoms with Gasteiger partial charge in [-0.25, -0.2) is 4.98 Å². The lowest BCUT2D eigenvalue weighted by atomic mass is 9.95. The van der Waals surface area contributed by atoms with E-state index in [2.05, 4.69) is 38.1 Å². The van der Waals surface area contributed by atoms with Crippen molar-refractivity contribution in [3.63, 3.8) is 0 Å². The third kappa shape index (κ3) is 2.17. The van der Waals surface area contributed by atoms with Crippen LogP contribution in [-0.4, -0.2) is 33.3 Å². The van der Waals surface area contributed by atoms with E-state index in [1.54, 1.807) is 0 Å². The molecule has 22 heavy (non-hydrogen) atoms. The smallest absolute Gasteiger partial charge is 0.139 e. The maximum absolute atomic E-state index is 4.49. The Morgan fingerprint density at radius 1 is 1.36 bits per heavy atom. The van der Waals surface area contributed by atoms with Crippen LogP contribution >= 0.6 is 0 Å². The molecule has 0 amide bonds. The van der Waals surface area contributed by atoms with Crippen molar-refractivity contribution in [1.29, 1.82) is 0 Å². The van der Waals surface area contributed by atoms with Gasteiger partial charge in [-0.1, -0.05) is 13.3 Å². The van der Waals surface area contributed by atoms with Crippen LogP contribution in [0.4, 0.5) is 5.69 Å². The van der Waals surface area contributed by atoms with Gasteiger partial charge in [0.2, 0.25) is 0 Å². The molecule has 0 bridgehead atoms. The highest BCUT2D eigenvalue weighted by atomic mass is 15.1. The van der Waals surface area contributed by atoms with Crippen LogP contribution in [0.15, 0.2) is 30.9 Å². The van der Waals surface area contributed by atoms with Gasteiger partial charge in [0.05, 0.1) is 11.6 Å². The number of nitrogens with one attached hydrogen (secondary N) is 2. The monoisotopic (exact) mass is 295 g/mol. The molecule has 1 aliphatic heterocycles. The second kappa shape index (κ2) is 5.48. The van der Waals surface area contributed by atoms with E-state index in [4.69, 9.17) is 0 Å².